The lowest BCUT2D eigenvalue weighted by Crippen LogP contribution is -2.13. The summed E-state index contributed by atoms with van der Waals surface area (Å²) in [4.78, 5) is 19.5. The number of carbonyl (C=O) groups excluding carboxylic acids is 1. The van der Waals surface area contributed by atoms with Gasteiger partial charge in [0.1, 0.15) is 0 Å². The molecule has 0 fully saturated rings. The first kappa shape index (κ1) is 13.1. The lowest BCUT2D eigenvalue weighted by molar-refractivity contribution is 0.102. The number of hydrogen-bond acceptors (Lipinski definition) is 2. The van der Waals surface area contributed by atoms with E-state index in [1.54, 1.807) is 18.2 Å². The molecule has 0 aliphatic carbocycles. The first-order valence-corrected chi connectivity index (χ1v) is 7.02. The Hall–Kier alpha value is -1.85. The second-order valence-electron chi connectivity index (χ2n) is 4.18. The molecule has 0 atom stereocenters. The summed E-state index contributed by atoms with van der Waals surface area (Å²) >= 11 is 9.34. The molecule has 0 bridgehead atoms. The molecule has 6 heteroatoms. The second-order valence-corrected chi connectivity index (χ2v) is 5.50. The van der Waals surface area contributed by atoms with Crippen LogP contribution >= 0.6 is 27.5 Å². The van der Waals surface area contributed by atoms with Crippen LogP contribution in [0.2, 0.25) is 5.02 Å². The highest BCUT2D eigenvalue weighted by Gasteiger charge is 2.13. The van der Waals surface area contributed by atoms with Crippen molar-refractivity contribution >= 4 is 50.4 Å². The average molecular weight is 351 g/mol. The number of nitrogens with zero attached hydrogens (tertiary/aromatic N) is 1. The van der Waals surface area contributed by atoms with Crippen LogP contribution in [0.4, 0.5) is 5.95 Å². The number of nitrogens with one attached hydrogen (secondary N) is 2. The molecule has 1 aromatic heterocycles. The molecule has 4 nitrogen and oxygen atoms in total. The summed E-state index contributed by atoms with van der Waals surface area (Å²) < 4.78 is 0.789. The molecule has 0 unspecified atom stereocenters. The van der Waals surface area contributed by atoms with E-state index in [0.717, 1.165) is 15.5 Å². The van der Waals surface area contributed by atoms with Crippen LogP contribution in [-0.2, 0) is 0 Å². The zero-order chi connectivity index (χ0) is 14.1. The quantitative estimate of drug-likeness (QED) is 0.726. The van der Waals surface area contributed by atoms with Gasteiger partial charge in [-0.25, -0.2) is 4.98 Å². The van der Waals surface area contributed by atoms with Crippen LogP contribution in [0.1, 0.15) is 10.4 Å². The number of para-hydroxylation sites is 2. The van der Waals surface area contributed by atoms with Crippen molar-refractivity contribution in [2.75, 3.05) is 5.32 Å². The Bertz CT molecular complexity index is 767. The largest absolute Gasteiger partial charge is 0.324 e. The Balaban J connectivity index is 1.90. The van der Waals surface area contributed by atoms with Crippen LogP contribution in [0.3, 0.4) is 0 Å². The molecule has 2 N–H and O–H groups in total. The minimum absolute atomic E-state index is 0.310. The van der Waals surface area contributed by atoms with E-state index in [-0.39, 0.29) is 5.91 Å². The molecule has 0 spiro atoms. The van der Waals surface area contributed by atoms with Crippen LogP contribution in [0, 0.1) is 0 Å². The minimum Gasteiger partial charge on any atom is -0.324 e. The van der Waals surface area contributed by atoms with Crippen molar-refractivity contribution in [3.8, 4) is 0 Å². The molecule has 1 amide bonds. The van der Waals surface area contributed by atoms with Gasteiger partial charge in [-0.3, -0.25) is 10.1 Å². The average Bonchev–Trinajstić information content (AvgIpc) is 2.83. The smallest absolute Gasteiger partial charge is 0.259 e. The third-order valence-corrected chi connectivity index (χ3v) is 3.62. The molecule has 0 saturated heterocycles. The number of aromatic nitrogens is 2. The number of fused-ring (bicyclic) bond motifs is 1. The van der Waals surface area contributed by atoms with Crippen LogP contribution in [-0.4, -0.2) is 15.9 Å². The van der Waals surface area contributed by atoms with Gasteiger partial charge in [0.2, 0.25) is 5.95 Å². The molecular formula is C14H9BrClN3O. The van der Waals surface area contributed by atoms with Gasteiger partial charge in [0.05, 0.1) is 21.6 Å². The summed E-state index contributed by atoms with van der Waals surface area (Å²) in [6.45, 7) is 0. The van der Waals surface area contributed by atoms with Gasteiger partial charge in [0, 0.05) is 4.47 Å². The molecule has 1 heterocycles. The van der Waals surface area contributed by atoms with E-state index in [4.69, 9.17) is 11.6 Å². The summed E-state index contributed by atoms with van der Waals surface area (Å²) in [6.07, 6.45) is 0. The zero-order valence-electron chi connectivity index (χ0n) is 10.2. The number of carbonyl (C=O) groups is 1. The molecule has 0 aliphatic heterocycles. The minimum atomic E-state index is -0.310. The third kappa shape index (κ3) is 2.55. The highest BCUT2D eigenvalue weighted by molar-refractivity contribution is 9.10. The van der Waals surface area contributed by atoms with Crippen molar-refractivity contribution in [3.05, 3.63) is 57.5 Å². The van der Waals surface area contributed by atoms with E-state index >= 15 is 0 Å². The number of aromatic amines is 1. The molecule has 20 heavy (non-hydrogen) atoms. The zero-order valence-corrected chi connectivity index (χ0v) is 12.5. The summed E-state index contributed by atoms with van der Waals surface area (Å²) in [5.41, 5.74) is 2.05. The number of halogens is 2. The fourth-order valence-electron chi connectivity index (χ4n) is 1.86. The van der Waals surface area contributed by atoms with E-state index < -0.39 is 0 Å². The van der Waals surface area contributed by atoms with E-state index in [0.29, 0.717) is 16.5 Å². The third-order valence-electron chi connectivity index (χ3n) is 2.79. The molecular weight excluding hydrogens is 342 g/mol. The van der Waals surface area contributed by atoms with Crippen molar-refractivity contribution in [1.29, 1.82) is 0 Å². The topological polar surface area (TPSA) is 57.8 Å². The van der Waals surface area contributed by atoms with Gasteiger partial charge in [-0.15, -0.1) is 0 Å². The summed E-state index contributed by atoms with van der Waals surface area (Å²) in [5.74, 6) is 0.0857. The number of imidazole rings is 1. The van der Waals surface area contributed by atoms with Crippen LogP contribution in [0.5, 0.6) is 0 Å². The molecule has 0 saturated carbocycles. The molecule has 0 aliphatic rings. The fraction of sp³-hybridized carbons (Fsp3) is 0. The number of amides is 1. The van der Waals surface area contributed by atoms with Gasteiger partial charge in [-0.05, 0) is 30.3 Å². The van der Waals surface area contributed by atoms with E-state index in [9.17, 15) is 4.79 Å². The van der Waals surface area contributed by atoms with Gasteiger partial charge in [-0.1, -0.05) is 39.7 Å². The first-order chi connectivity index (χ1) is 9.63. The predicted molar refractivity (Wildman–Crippen MR) is 83.2 cm³/mol. The number of rotatable bonds is 2. The van der Waals surface area contributed by atoms with Crippen molar-refractivity contribution in [2.45, 2.75) is 0 Å². The highest BCUT2D eigenvalue weighted by Crippen LogP contribution is 2.22. The fourth-order valence-corrected chi connectivity index (χ4v) is 2.42. The first-order valence-electron chi connectivity index (χ1n) is 5.84. The Morgan fingerprint density at radius 3 is 2.85 bits per heavy atom. The maximum Gasteiger partial charge on any atom is 0.259 e. The SMILES string of the molecule is O=C(Nc1nc2ccccc2[nH]1)c1cc(Br)ccc1Cl. The van der Waals surface area contributed by atoms with Crippen molar-refractivity contribution in [3.63, 3.8) is 0 Å². The summed E-state index contributed by atoms with van der Waals surface area (Å²) in [7, 11) is 0. The number of anilines is 1. The van der Waals surface area contributed by atoms with Crippen LogP contribution < -0.4 is 5.32 Å². The van der Waals surface area contributed by atoms with Gasteiger partial charge in [-0.2, -0.15) is 0 Å². The van der Waals surface area contributed by atoms with Gasteiger partial charge in [0.15, 0.2) is 0 Å². The standard InChI is InChI=1S/C14H9BrClN3O/c15-8-5-6-10(16)9(7-8)13(20)19-14-17-11-3-1-2-4-12(11)18-14/h1-7H,(H2,17,18,19,20). The Kier molecular flexibility index (Phi) is 3.46. The monoisotopic (exact) mass is 349 g/mol. The van der Waals surface area contributed by atoms with Crippen LogP contribution in [0.15, 0.2) is 46.9 Å². The van der Waals surface area contributed by atoms with Crippen molar-refractivity contribution < 1.29 is 4.79 Å². The normalized spacial score (nSPS) is 10.7. The van der Waals surface area contributed by atoms with E-state index in [1.807, 2.05) is 24.3 Å². The number of benzene rings is 2. The predicted octanol–water partition coefficient (Wildman–Crippen LogP) is 4.23. The molecule has 0 radical (unpaired) electrons. The molecule has 100 valence electrons. The van der Waals surface area contributed by atoms with Crippen molar-refractivity contribution in [2.24, 2.45) is 0 Å². The summed E-state index contributed by atoms with van der Waals surface area (Å²) in [6, 6.07) is 12.7. The van der Waals surface area contributed by atoms with E-state index in [2.05, 4.69) is 31.2 Å². The van der Waals surface area contributed by atoms with Gasteiger partial charge < -0.3 is 4.98 Å². The Morgan fingerprint density at radius 1 is 1.25 bits per heavy atom. The lowest BCUT2D eigenvalue weighted by atomic mass is 10.2. The molecule has 3 rings (SSSR count). The maximum absolute atomic E-state index is 12.2. The Morgan fingerprint density at radius 2 is 2.05 bits per heavy atom. The highest BCUT2D eigenvalue weighted by atomic mass is 79.9. The van der Waals surface area contributed by atoms with Crippen LogP contribution in [0.25, 0.3) is 11.0 Å². The van der Waals surface area contributed by atoms with E-state index in [1.165, 1.54) is 0 Å². The maximum atomic E-state index is 12.2. The summed E-state index contributed by atoms with van der Waals surface area (Å²) in [5, 5.41) is 3.10. The lowest BCUT2D eigenvalue weighted by Gasteiger charge is -2.04. The number of hydrogen-bond donors (Lipinski definition) is 2. The van der Waals surface area contributed by atoms with Crippen molar-refractivity contribution in [1.82, 2.24) is 9.97 Å². The second kappa shape index (κ2) is 5.26. The van der Waals surface area contributed by atoms with Gasteiger partial charge >= 0.3 is 0 Å². The number of H-pyrrole nitrogens is 1. The van der Waals surface area contributed by atoms with Gasteiger partial charge in [0.25, 0.3) is 5.91 Å². The molecule has 3 aromatic rings. The Labute approximate surface area is 128 Å². The molecule has 2 aromatic carbocycles.